The van der Waals surface area contributed by atoms with Crippen LogP contribution in [0.3, 0.4) is 0 Å². The molecule has 0 radical (unpaired) electrons. The number of rotatable bonds is 6. The number of furan rings is 1. The second kappa shape index (κ2) is 9.38. The van der Waals surface area contributed by atoms with Gasteiger partial charge in [-0.05, 0) is 36.4 Å². The highest BCUT2D eigenvalue weighted by atomic mass is 35.5. The number of pyridine rings is 2. The fourth-order valence-electron chi connectivity index (χ4n) is 2.06. The zero-order valence-electron chi connectivity index (χ0n) is 22.0. The highest BCUT2D eigenvalue weighted by Gasteiger charge is 2.10. The van der Waals surface area contributed by atoms with Crippen molar-refractivity contribution in [2.75, 3.05) is 14.1 Å². The number of aromatic nitrogens is 2. The summed E-state index contributed by atoms with van der Waals surface area (Å²) in [5.41, 5.74) is 12.3. The number of halogens is 1. The third-order valence-corrected chi connectivity index (χ3v) is 3.37. The van der Waals surface area contributed by atoms with Gasteiger partial charge in [0.25, 0.3) is 0 Å². The Hall–Kier alpha value is -3.59. The van der Waals surface area contributed by atoms with Crippen molar-refractivity contribution in [1.29, 1.82) is 0 Å². The minimum absolute atomic E-state index is 0. The zero-order chi connectivity index (χ0) is 26.0. The van der Waals surface area contributed by atoms with Crippen molar-refractivity contribution in [2.24, 2.45) is 21.8 Å². The van der Waals surface area contributed by atoms with Gasteiger partial charge >= 0.3 is 0 Å². The molecule has 3 rings (SSSR count). The fourth-order valence-corrected chi connectivity index (χ4v) is 2.06. The Bertz CT molecular complexity index is 1160. The molecule has 10 heteroatoms. The summed E-state index contributed by atoms with van der Waals surface area (Å²) in [7, 11) is -5.49. The van der Waals surface area contributed by atoms with Crippen LogP contribution < -0.4 is 11.5 Å². The van der Waals surface area contributed by atoms with Gasteiger partial charge in [0.2, 0.25) is 0 Å². The lowest BCUT2D eigenvalue weighted by Gasteiger charge is -2.02. The molecular weight excluding hydrogens is 384 g/mol. The van der Waals surface area contributed by atoms with E-state index in [1.165, 1.54) is 36.7 Å². The molecule has 0 saturated carbocycles. The highest BCUT2D eigenvalue weighted by Crippen LogP contribution is 2.26. The standard InChI is InChI=1S/C18H18N6O3.ClH/c1-25-23-17(19)11-3-5-13(21-9-11)15-7-8-16(27-15)14-6-4-12(10-22-14)18(20)24-26-2;/h3-10H,1-2H3,(H2,19,23)(H2,20,24);1H/i1D3,2D3,7D,8D;. The molecule has 0 saturated heterocycles. The molecule has 0 aliphatic heterocycles. The van der Waals surface area contributed by atoms with Crippen molar-refractivity contribution in [3.8, 4) is 22.9 Å². The van der Waals surface area contributed by atoms with Crippen LogP contribution >= 0.6 is 12.4 Å². The number of amidine groups is 2. The van der Waals surface area contributed by atoms with Crippen LogP contribution in [0.4, 0.5) is 0 Å². The summed E-state index contributed by atoms with van der Waals surface area (Å²) in [4.78, 5) is 16.9. The summed E-state index contributed by atoms with van der Waals surface area (Å²) >= 11 is 0. The quantitative estimate of drug-likeness (QED) is 0.361. The summed E-state index contributed by atoms with van der Waals surface area (Å²) < 4.78 is 63.9. The first-order valence-electron chi connectivity index (χ1n) is 11.3. The summed E-state index contributed by atoms with van der Waals surface area (Å²) in [5.74, 6) is -0.458. The Kier molecular flexibility index (Phi) is 4.01. The van der Waals surface area contributed by atoms with Gasteiger partial charge in [0.1, 0.15) is 25.5 Å². The van der Waals surface area contributed by atoms with Gasteiger partial charge in [0.05, 0.1) is 11.0 Å². The van der Waals surface area contributed by atoms with E-state index in [1.54, 1.807) is 0 Å². The number of hydrogen-bond acceptors (Lipinski definition) is 7. The second-order valence-corrected chi connectivity index (χ2v) is 5.01. The molecule has 0 spiro atoms. The van der Waals surface area contributed by atoms with Gasteiger partial charge in [-0.3, -0.25) is 9.97 Å². The molecular formula is C18H19ClN6O3. The van der Waals surface area contributed by atoms with Gasteiger partial charge in [-0.2, -0.15) is 0 Å². The highest BCUT2D eigenvalue weighted by molar-refractivity contribution is 5.97. The molecule has 0 unspecified atom stereocenters. The lowest BCUT2D eigenvalue weighted by Crippen LogP contribution is -2.13. The van der Waals surface area contributed by atoms with Crippen molar-refractivity contribution in [3.63, 3.8) is 0 Å². The lowest BCUT2D eigenvalue weighted by atomic mass is 10.2. The van der Waals surface area contributed by atoms with Crippen LogP contribution in [-0.2, 0) is 9.68 Å². The maximum Gasteiger partial charge on any atom is 0.171 e. The molecule has 3 aromatic heterocycles. The van der Waals surface area contributed by atoms with Crippen LogP contribution in [0.2, 0.25) is 0 Å². The fraction of sp³-hybridized carbons (Fsp3) is 0.111. The molecule has 0 fully saturated rings. The molecule has 4 N–H and O–H groups in total. The number of oxime groups is 2. The van der Waals surface area contributed by atoms with Crippen molar-refractivity contribution in [1.82, 2.24) is 9.97 Å². The summed E-state index contributed by atoms with van der Waals surface area (Å²) in [6, 6.07) is 5.34. The van der Waals surface area contributed by atoms with E-state index in [9.17, 15) is 0 Å². The Morgan fingerprint density at radius 1 is 0.929 bits per heavy atom. The molecule has 0 aromatic carbocycles. The Morgan fingerprint density at radius 2 is 1.39 bits per heavy atom. The smallest absolute Gasteiger partial charge is 0.171 e. The molecule has 9 nitrogen and oxygen atoms in total. The summed E-state index contributed by atoms with van der Waals surface area (Å²) in [6.45, 7) is 0. The normalized spacial score (nSPS) is 16.7. The summed E-state index contributed by atoms with van der Waals surface area (Å²) in [5, 5.41) is 6.65. The van der Waals surface area contributed by atoms with Crippen molar-refractivity contribution in [3.05, 3.63) is 59.9 Å². The molecule has 0 amide bonds. The SMILES string of the molecule is Cl.[2H]c1c(-c2ccc(/C(N)=N\OC([2H])([2H])[2H])cn2)oc(-c2ccc(/C(N)=N\OC([2H])([2H])[2H])cn2)c1[2H]. The van der Waals surface area contributed by atoms with Crippen LogP contribution in [0.5, 0.6) is 0 Å². The molecule has 0 aliphatic carbocycles. The van der Waals surface area contributed by atoms with Gasteiger partial charge in [-0.15, -0.1) is 12.4 Å². The van der Waals surface area contributed by atoms with E-state index in [-0.39, 0.29) is 70.2 Å². The van der Waals surface area contributed by atoms with E-state index in [4.69, 9.17) is 26.9 Å². The minimum atomic E-state index is -2.75. The van der Waals surface area contributed by atoms with Crippen LogP contribution in [0.15, 0.2) is 63.5 Å². The van der Waals surface area contributed by atoms with E-state index in [2.05, 4.69) is 30.0 Å². The average molecular weight is 411 g/mol. The first kappa shape index (κ1) is 12.0. The maximum atomic E-state index is 8.21. The third kappa shape index (κ3) is 4.57. The predicted molar refractivity (Wildman–Crippen MR) is 108 cm³/mol. The van der Waals surface area contributed by atoms with E-state index < -0.39 is 14.1 Å². The van der Waals surface area contributed by atoms with Gasteiger partial charge in [0.15, 0.2) is 23.2 Å². The predicted octanol–water partition coefficient (Wildman–Crippen LogP) is 2.36. The van der Waals surface area contributed by atoms with Gasteiger partial charge in [-0.25, -0.2) is 0 Å². The number of nitrogens with two attached hydrogens (primary N) is 2. The van der Waals surface area contributed by atoms with Gasteiger partial charge < -0.3 is 25.6 Å². The van der Waals surface area contributed by atoms with Crippen molar-refractivity contribution < 1.29 is 25.1 Å². The molecule has 146 valence electrons. The number of nitrogens with zero attached hydrogens (tertiary/aromatic N) is 4. The topological polar surface area (TPSA) is 134 Å². The van der Waals surface area contributed by atoms with Gasteiger partial charge in [0, 0.05) is 23.5 Å². The lowest BCUT2D eigenvalue weighted by molar-refractivity contribution is 0.213. The first-order valence-corrected chi connectivity index (χ1v) is 7.32. The largest absolute Gasteiger partial charge is 0.453 e. The number of hydrogen-bond donors (Lipinski definition) is 2. The first-order chi connectivity index (χ1) is 16.2. The van der Waals surface area contributed by atoms with E-state index in [0.717, 1.165) is 0 Å². The Morgan fingerprint density at radius 3 is 1.75 bits per heavy atom. The van der Waals surface area contributed by atoms with Crippen LogP contribution in [-0.4, -0.2) is 35.7 Å². The summed E-state index contributed by atoms with van der Waals surface area (Å²) in [6.07, 6.45) is 2.55. The molecule has 0 bridgehead atoms. The molecule has 0 atom stereocenters. The van der Waals surface area contributed by atoms with Crippen molar-refractivity contribution in [2.45, 2.75) is 0 Å². The third-order valence-electron chi connectivity index (χ3n) is 3.37. The molecule has 3 aromatic rings. The molecule has 0 aliphatic rings. The molecule has 28 heavy (non-hydrogen) atoms. The average Bonchev–Trinajstić information content (AvgIpc) is 3.09. The zero-order valence-corrected chi connectivity index (χ0v) is 14.9. The Labute approximate surface area is 178 Å². The maximum absolute atomic E-state index is 8.21. The second-order valence-electron chi connectivity index (χ2n) is 5.01. The van der Waals surface area contributed by atoms with Crippen LogP contribution in [0.1, 0.15) is 22.1 Å². The molecule has 3 heterocycles. The Balaban J connectivity index is 0.00000456. The minimum Gasteiger partial charge on any atom is -0.453 e. The van der Waals surface area contributed by atoms with Crippen LogP contribution in [0, 0.1) is 0 Å². The van der Waals surface area contributed by atoms with E-state index >= 15 is 0 Å². The monoisotopic (exact) mass is 410 g/mol. The van der Waals surface area contributed by atoms with E-state index in [1.807, 2.05) is 0 Å². The van der Waals surface area contributed by atoms with Crippen molar-refractivity contribution >= 4 is 24.1 Å². The van der Waals surface area contributed by atoms with E-state index in [0.29, 0.717) is 0 Å². The van der Waals surface area contributed by atoms with Gasteiger partial charge in [-0.1, -0.05) is 10.3 Å². The van der Waals surface area contributed by atoms with Crippen LogP contribution in [0.25, 0.3) is 22.9 Å².